The van der Waals surface area contributed by atoms with Crippen molar-refractivity contribution >= 4 is 0 Å². The maximum atomic E-state index is 3.97. The van der Waals surface area contributed by atoms with Gasteiger partial charge in [0.1, 0.15) is 0 Å². The maximum Gasteiger partial charge on any atom is 0 e. The van der Waals surface area contributed by atoms with E-state index in [0.29, 0.717) is 0 Å². The van der Waals surface area contributed by atoms with Gasteiger partial charge in [-0.15, -0.1) is 0 Å². The molecule has 0 fully saturated rings. The smallest absolute Gasteiger partial charge is 0 e. The van der Waals surface area contributed by atoms with Crippen LogP contribution in [0.4, 0.5) is 0 Å². The van der Waals surface area contributed by atoms with Crippen LogP contribution in [0.15, 0.2) is 0 Å². The zero-order valence-corrected chi connectivity index (χ0v) is 25.8. The topological polar surface area (TPSA) is 56.4 Å². The van der Waals surface area contributed by atoms with Crippen LogP contribution in [0.25, 0.3) is 21.3 Å². The molecule has 0 atom stereocenters. The summed E-state index contributed by atoms with van der Waals surface area (Å²) >= 11 is 0. The van der Waals surface area contributed by atoms with Gasteiger partial charge in [0.15, 0.2) is 0 Å². The normalized spacial score (nSPS) is 6.72. The van der Waals surface area contributed by atoms with E-state index in [4.69, 9.17) is 0 Å². The first-order chi connectivity index (χ1) is 9.66. The van der Waals surface area contributed by atoms with Crippen molar-refractivity contribution in [1.29, 1.82) is 0 Å². The number of rotatable bonds is 8. The zero-order chi connectivity index (χ0) is 16.5. The van der Waals surface area contributed by atoms with E-state index in [1.54, 1.807) is 0 Å². The predicted molar refractivity (Wildman–Crippen MR) is 97.8 cm³/mol. The SMILES string of the molecule is CC[N-]CC.CC[N-]CC.CC[N-]CC.CC[N-]CC.[Ti].[Ti].[Ti].[Ti].[Ti]. The van der Waals surface area contributed by atoms with E-state index >= 15 is 0 Å². The Bertz CT molecular complexity index is 86.5. The summed E-state index contributed by atoms with van der Waals surface area (Å²) in [5.41, 5.74) is 0. The zero-order valence-electron chi connectivity index (χ0n) is 17.9. The Kier molecular flexibility index (Phi) is 182. The van der Waals surface area contributed by atoms with E-state index in [1.165, 1.54) is 0 Å². The fourth-order valence-corrected chi connectivity index (χ4v) is 0.894. The molecule has 4 nitrogen and oxygen atoms in total. The first-order valence-corrected chi connectivity index (χ1v) is 8.19. The molecule has 9 heteroatoms. The second kappa shape index (κ2) is 80.5. The molecular weight excluding hydrogens is 488 g/mol. The summed E-state index contributed by atoms with van der Waals surface area (Å²) in [6.45, 7) is 24.1. The number of hydrogen-bond donors (Lipinski definition) is 0. The van der Waals surface area contributed by atoms with Gasteiger partial charge >= 0.3 is 0 Å². The minimum Gasteiger partial charge on any atom is -0.663 e. The van der Waals surface area contributed by atoms with Crippen molar-refractivity contribution in [2.75, 3.05) is 52.4 Å². The van der Waals surface area contributed by atoms with Crippen LogP contribution in [0.1, 0.15) is 55.4 Å². The van der Waals surface area contributed by atoms with Gasteiger partial charge in [0.25, 0.3) is 0 Å². The van der Waals surface area contributed by atoms with Crippen molar-refractivity contribution in [3.05, 3.63) is 21.3 Å². The third kappa shape index (κ3) is 136. The van der Waals surface area contributed by atoms with Gasteiger partial charge in [-0.2, -0.15) is 52.4 Å². The van der Waals surface area contributed by atoms with Crippen LogP contribution < -0.4 is 0 Å². The van der Waals surface area contributed by atoms with Gasteiger partial charge in [-0.3, -0.25) is 0 Å². The molecule has 25 heavy (non-hydrogen) atoms. The molecule has 0 aromatic heterocycles. The Balaban J connectivity index is -0.0000000183. The van der Waals surface area contributed by atoms with Gasteiger partial charge in [0.05, 0.1) is 0 Å². The van der Waals surface area contributed by atoms with Crippen LogP contribution in [0.3, 0.4) is 0 Å². The molecule has 148 valence electrons. The Morgan fingerprint density at radius 2 is 0.360 bits per heavy atom. The van der Waals surface area contributed by atoms with E-state index in [0.717, 1.165) is 52.4 Å². The minimum absolute atomic E-state index is 0. The molecule has 0 rings (SSSR count). The Labute approximate surface area is 234 Å². The summed E-state index contributed by atoms with van der Waals surface area (Å²) in [6, 6.07) is 0. The molecule has 0 saturated carbocycles. The van der Waals surface area contributed by atoms with E-state index in [9.17, 15) is 0 Å². The van der Waals surface area contributed by atoms with Crippen LogP contribution >= 0.6 is 0 Å². The van der Waals surface area contributed by atoms with Gasteiger partial charge in [-0.1, -0.05) is 55.4 Å². The molecule has 0 amide bonds. The summed E-state index contributed by atoms with van der Waals surface area (Å²) in [6.07, 6.45) is 0. The molecule has 0 saturated heterocycles. The number of hydrogen-bond acceptors (Lipinski definition) is 0. The van der Waals surface area contributed by atoms with Crippen LogP contribution in [-0.4, -0.2) is 52.4 Å². The third-order valence-corrected chi connectivity index (χ3v) is 1.79. The van der Waals surface area contributed by atoms with E-state index < -0.39 is 0 Å². The van der Waals surface area contributed by atoms with Crippen LogP contribution in [0, 0.1) is 0 Å². The predicted octanol–water partition coefficient (Wildman–Crippen LogP) is 5.59. The Morgan fingerprint density at radius 1 is 0.280 bits per heavy atom. The molecule has 0 aliphatic carbocycles. The van der Waals surface area contributed by atoms with Crippen molar-refractivity contribution in [3.8, 4) is 0 Å². The van der Waals surface area contributed by atoms with Gasteiger partial charge in [0, 0.05) is 109 Å². The van der Waals surface area contributed by atoms with Crippen LogP contribution in [0.5, 0.6) is 0 Å². The average molecular weight is 528 g/mol. The molecular formula is C16H40N4Ti5-4. The van der Waals surface area contributed by atoms with Gasteiger partial charge < -0.3 is 21.3 Å². The molecule has 0 unspecified atom stereocenters. The number of nitrogens with zero attached hydrogens (tertiary/aromatic N) is 4. The Hall–Kier alpha value is 3.41. The largest absolute Gasteiger partial charge is 0.663 e. The van der Waals surface area contributed by atoms with Crippen LogP contribution in [0.2, 0.25) is 0 Å². The van der Waals surface area contributed by atoms with Crippen molar-refractivity contribution in [2.45, 2.75) is 55.4 Å². The van der Waals surface area contributed by atoms with Gasteiger partial charge in [0.2, 0.25) is 0 Å². The minimum atomic E-state index is 0. The second-order valence-electron chi connectivity index (χ2n) is 3.42. The molecule has 0 aliphatic rings. The van der Waals surface area contributed by atoms with E-state index in [2.05, 4.69) is 21.3 Å². The molecule has 0 aromatic rings. The fraction of sp³-hybridized carbons (Fsp3) is 1.00. The summed E-state index contributed by atoms with van der Waals surface area (Å²) < 4.78 is 0. The first kappa shape index (κ1) is 56.7. The quantitative estimate of drug-likeness (QED) is 0.370. The first-order valence-electron chi connectivity index (χ1n) is 8.19. The molecule has 0 radical (unpaired) electrons. The van der Waals surface area contributed by atoms with Crippen molar-refractivity contribution in [3.63, 3.8) is 0 Å². The standard InChI is InChI=1S/4C4H10N.5Ti/c4*1-3-5-4-2;;;;;/h4*3-4H2,1-2H3;;;;;/q4*-1;;;;;. The molecule has 0 spiro atoms. The van der Waals surface area contributed by atoms with Crippen LogP contribution in [-0.2, 0) is 109 Å². The maximum absolute atomic E-state index is 3.97. The summed E-state index contributed by atoms with van der Waals surface area (Å²) in [4.78, 5) is 0. The average Bonchev–Trinajstić information content (AvgIpc) is 2.44. The van der Waals surface area contributed by atoms with E-state index in [1.807, 2.05) is 55.4 Å². The molecule has 0 heterocycles. The van der Waals surface area contributed by atoms with Gasteiger partial charge in [-0.05, 0) is 0 Å². The van der Waals surface area contributed by atoms with Crippen molar-refractivity contribution in [1.82, 2.24) is 0 Å². The molecule has 0 bridgehead atoms. The molecule has 0 aliphatic heterocycles. The van der Waals surface area contributed by atoms with E-state index in [-0.39, 0.29) is 109 Å². The Morgan fingerprint density at radius 3 is 0.360 bits per heavy atom. The molecule has 0 N–H and O–H groups in total. The van der Waals surface area contributed by atoms with Crippen molar-refractivity contribution < 1.29 is 109 Å². The molecule has 0 aromatic carbocycles. The van der Waals surface area contributed by atoms with Gasteiger partial charge in [-0.25, -0.2) is 0 Å². The summed E-state index contributed by atoms with van der Waals surface area (Å²) in [5, 5.41) is 15.9. The monoisotopic (exact) mass is 528 g/mol. The second-order valence-corrected chi connectivity index (χ2v) is 3.42. The van der Waals surface area contributed by atoms with Crippen molar-refractivity contribution in [2.24, 2.45) is 0 Å². The fourth-order valence-electron chi connectivity index (χ4n) is 0.894. The third-order valence-electron chi connectivity index (χ3n) is 1.79. The summed E-state index contributed by atoms with van der Waals surface area (Å²) in [7, 11) is 0. The summed E-state index contributed by atoms with van der Waals surface area (Å²) in [5.74, 6) is 0.